The van der Waals surface area contributed by atoms with E-state index in [4.69, 9.17) is 5.11 Å². The molecule has 0 aliphatic rings. The van der Waals surface area contributed by atoms with Crippen molar-refractivity contribution in [3.05, 3.63) is 21.9 Å². The van der Waals surface area contributed by atoms with Crippen LogP contribution in [0.4, 0.5) is 0 Å². The Kier molecular flexibility index (Phi) is 6.52. The van der Waals surface area contributed by atoms with Crippen molar-refractivity contribution >= 4 is 23.2 Å². The zero-order chi connectivity index (χ0) is 14.3. The number of rotatable bonds is 7. The number of hydrogen-bond donors (Lipinski definition) is 3. The molecule has 0 bridgehead atoms. The maximum absolute atomic E-state index is 11.9. The number of hydrogen-bond acceptors (Lipinski definition) is 4. The summed E-state index contributed by atoms with van der Waals surface area (Å²) in [6.07, 6.45) is 0.679. The molecular formula is C13H20N2O3S. The minimum Gasteiger partial charge on any atom is -0.396 e. The van der Waals surface area contributed by atoms with Crippen molar-refractivity contribution in [1.82, 2.24) is 10.6 Å². The molecule has 0 fully saturated rings. The fraction of sp³-hybridized carbons (Fsp3) is 0.538. The molecule has 1 rings (SSSR count). The average molecular weight is 284 g/mol. The van der Waals surface area contributed by atoms with Crippen LogP contribution < -0.4 is 10.6 Å². The number of carbonyl (C=O) groups is 2. The van der Waals surface area contributed by atoms with Crippen LogP contribution in [0, 0.1) is 5.92 Å². The third kappa shape index (κ3) is 5.85. The second kappa shape index (κ2) is 7.91. The summed E-state index contributed by atoms with van der Waals surface area (Å²) in [5.74, 6) is 0.0638. The molecule has 106 valence electrons. The Labute approximate surface area is 117 Å². The zero-order valence-electron chi connectivity index (χ0n) is 11.2. The first-order valence-corrected chi connectivity index (χ1v) is 7.06. The summed E-state index contributed by atoms with van der Waals surface area (Å²) >= 11 is 1.37. The summed E-state index contributed by atoms with van der Waals surface area (Å²) in [4.78, 5) is 24.2. The van der Waals surface area contributed by atoms with Crippen LogP contribution in [0.2, 0.25) is 0 Å². The smallest absolute Gasteiger partial charge is 0.261 e. The van der Waals surface area contributed by atoms with Crippen molar-refractivity contribution in [2.75, 3.05) is 13.2 Å². The van der Waals surface area contributed by atoms with Crippen LogP contribution in [-0.4, -0.2) is 30.1 Å². The van der Waals surface area contributed by atoms with E-state index >= 15 is 0 Å². The highest BCUT2D eigenvalue weighted by atomic mass is 32.1. The predicted octanol–water partition coefficient (Wildman–Crippen LogP) is 1.13. The minimum atomic E-state index is -0.108. The van der Waals surface area contributed by atoms with E-state index in [0.29, 0.717) is 24.4 Å². The molecule has 0 aliphatic heterocycles. The Morgan fingerprint density at radius 1 is 1.37 bits per heavy atom. The van der Waals surface area contributed by atoms with Crippen LogP contribution in [0.5, 0.6) is 0 Å². The van der Waals surface area contributed by atoms with E-state index in [1.165, 1.54) is 18.3 Å². The summed E-state index contributed by atoms with van der Waals surface area (Å²) in [6, 6.07) is 3.60. The molecule has 19 heavy (non-hydrogen) atoms. The third-order valence-electron chi connectivity index (χ3n) is 2.63. The van der Waals surface area contributed by atoms with Crippen LogP contribution >= 0.6 is 11.3 Å². The van der Waals surface area contributed by atoms with Crippen molar-refractivity contribution in [3.8, 4) is 0 Å². The van der Waals surface area contributed by atoms with Gasteiger partial charge in [-0.1, -0.05) is 6.92 Å². The van der Waals surface area contributed by atoms with E-state index in [0.717, 1.165) is 4.88 Å². The molecule has 1 aromatic rings. The van der Waals surface area contributed by atoms with Gasteiger partial charge in [0.1, 0.15) is 0 Å². The van der Waals surface area contributed by atoms with Crippen molar-refractivity contribution in [2.45, 2.75) is 26.8 Å². The lowest BCUT2D eigenvalue weighted by molar-refractivity contribution is -0.119. The van der Waals surface area contributed by atoms with Crippen LogP contribution in [-0.2, 0) is 11.3 Å². The van der Waals surface area contributed by atoms with Gasteiger partial charge in [0.2, 0.25) is 5.91 Å². The predicted molar refractivity (Wildman–Crippen MR) is 75.0 cm³/mol. The minimum absolute atomic E-state index is 0.0859. The van der Waals surface area contributed by atoms with Gasteiger partial charge in [0.25, 0.3) is 5.91 Å². The molecule has 0 saturated carbocycles. The summed E-state index contributed by atoms with van der Waals surface area (Å²) < 4.78 is 0. The number of amides is 2. The molecule has 0 aromatic carbocycles. The second-order valence-corrected chi connectivity index (χ2v) is 5.67. The quantitative estimate of drug-likeness (QED) is 0.702. The number of aliphatic hydroxyl groups is 1. The van der Waals surface area contributed by atoms with Gasteiger partial charge in [-0.2, -0.15) is 0 Å². The fourth-order valence-corrected chi connectivity index (χ4v) is 2.35. The first-order valence-electron chi connectivity index (χ1n) is 6.25. The lowest BCUT2D eigenvalue weighted by Crippen LogP contribution is -2.28. The van der Waals surface area contributed by atoms with E-state index in [2.05, 4.69) is 10.6 Å². The Balaban J connectivity index is 2.42. The molecule has 1 unspecified atom stereocenters. The van der Waals surface area contributed by atoms with E-state index < -0.39 is 0 Å². The van der Waals surface area contributed by atoms with Gasteiger partial charge in [-0.25, -0.2) is 0 Å². The van der Waals surface area contributed by atoms with Crippen molar-refractivity contribution in [3.63, 3.8) is 0 Å². The highest BCUT2D eigenvalue weighted by molar-refractivity contribution is 7.14. The first kappa shape index (κ1) is 15.7. The Morgan fingerprint density at radius 3 is 2.74 bits per heavy atom. The molecule has 1 aromatic heterocycles. The highest BCUT2D eigenvalue weighted by Gasteiger charge is 2.10. The molecule has 0 spiro atoms. The fourth-order valence-electron chi connectivity index (χ4n) is 1.48. The van der Waals surface area contributed by atoms with Crippen LogP contribution in [0.3, 0.4) is 0 Å². The van der Waals surface area contributed by atoms with Crippen molar-refractivity contribution in [1.29, 1.82) is 0 Å². The highest BCUT2D eigenvalue weighted by Crippen LogP contribution is 2.16. The van der Waals surface area contributed by atoms with Gasteiger partial charge in [-0.3, -0.25) is 9.59 Å². The standard InChI is InChI=1S/C13H20N2O3S/c1-9(5-6-16)7-15-13(18)12-4-3-11(19-12)8-14-10(2)17/h3-4,9,16H,5-8H2,1-2H3,(H,14,17)(H,15,18). The molecule has 5 nitrogen and oxygen atoms in total. The Hall–Kier alpha value is -1.40. The zero-order valence-corrected chi connectivity index (χ0v) is 12.0. The molecular weight excluding hydrogens is 264 g/mol. The van der Waals surface area contributed by atoms with E-state index in [9.17, 15) is 9.59 Å². The van der Waals surface area contributed by atoms with Crippen LogP contribution in [0.1, 0.15) is 34.8 Å². The van der Waals surface area contributed by atoms with Gasteiger partial charge in [0.05, 0.1) is 11.4 Å². The lowest BCUT2D eigenvalue weighted by atomic mass is 10.1. The largest absolute Gasteiger partial charge is 0.396 e. The Morgan fingerprint density at radius 2 is 2.11 bits per heavy atom. The van der Waals surface area contributed by atoms with Crippen molar-refractivity contribution < 1.29 is 14.7 Å². The third-order valence-corrected chi connectivity index (χ3v) is 3.71. The average Bonchev–Trinajstić information content (AvgIpc) is 2.82. The molecule has 1 atom stereocenters. The molecule has 1 heterocycles. The summed E-state index contributed by atoms with van der Waals surface area (Å²) in [6.45, 7) is 4.58. The number of thiophene rings is 1. The SMILES string of the molecule is CC(=O)NCc1ccc(C(=O)NCC(C)CCO)s1. The maximum atomic E-state index is 11.9. The number of carbonyl (C=O) groups excluding carboxylic acids is 2. The molecule has 0 saturated heterocycles. The van der Waals surface area contributed by atoms with Crippen molar-refractivity contribution in [2.24, 2.45) is 5.92 Å². The molecule has 2 amide bonds. The van der Waals surface area contributed by atoms with Crippen LogP contribution in [0.15, 0.2) is 12.1 Å². The number of aliphatic hydroxyl groups excluding tert-OH is 1. The summed E-state index contributed by atoms with van der Waals surface area (Å²) in [5, 5.41) is 14.3. The topological polar surface area (TPSA) is 78.4 Å². The Bertz CT molecular complexity index is 431. The maximum Gasteiger partial charge on any atom is 0.261 e. The molecule has 0 radical (unpaired) electrons. The molecule has 3 N–H and O–H groups in total. The lowest BCUT2D eigenvalue weighted by Gasteiger charge is -2.10. The van der Waals surface area contributed by atoms with E-state index in [-0.39, 0.29) is 24.3 Å². The van der Waals surface area contributed by atoms with E-state index in [1.54, 1.807) is 6.07 Å². The van der Waals surface area contributed by atoms with Gasteiger partial charge < -0.3 is 15.7 Å². The summed E-state index contributed by atoms with van der Waals surface area (Å²) in [7, 11) is 0. The second-order valence-electron chi connectivity index (χ2n) is 4.50. The normalized spacial score (nSPS) is 11.9. The van der Waals surface area contributed by atoms with Gasteiger partial charge >= 0.3 is 0 Å². The summed E-state index contributed by atoms with van der Waals surface area (Å²) in [5.41, 5.74) is 0. The van der Waals surface area contributed by atoms with Gasteiger partial charge in [0, 0.05) is 25.0 Å². The first-order chi connectivity index (χ1) is 9.02. The van der Waals surface area contributed by atoms with Crippen LogP contribution in [0.25, 0.3) is 0 Å². The molecule has 0 aliphatic carbocycles. The van der Waals surface area contributed by atoms with Gasteiger partial charge in [-0.05, 0) is 24.5 Å². The van der Waals surface area contributed by atoms with Gasteiger partial charge in [-0.15, -0.1) is 11.3 Å². The van der Waals surface area contributed by atoms with E-state index in [1.807, 2.05) is 13.0 Å². The number of nitrogens with one attached hydrogen (secondary N) is 2. The monoisotopic (exact) mass is 284 g/mol. The molecule has 6 heteroatoms. The van der Waals surface area contributed by atoms with Gasteiger partial charge in [0.15, 0.2) is 0 Å².